The fourth-order valence-corrected chi connectivity index (χ4v) is 4.77. The van der Waals surface area contributed by atoms with Crippen molar-refractivity contribution in [3.8, 4) is 5.75 Å². The Morgan fingerprint density at radius 3 is 2.55 bits per heavy atom. The molecule has 3 unspecified atom stereocenters. The third-order valence-corrected chi connectivity index (χ3v) is 7.12. The first kappa shape index (κ1) is 21.7. The number of carboxylic acids is 1. The van der Waals surface area contributed by atoms with Crippen molar-refractivity contribution in [3.63, 3.8) is 0 Å². The molecule has 0 spiro atoms. The number of hydrogen-bond acceptors (Lipinski definition) is 4. The second-order valence-electron chi connectivity index (χ2n) is 6.88. The van der Waals surface area contributed by atoms with Crippen LogP contribution in [0.3, 0.4) is 0 Å². The van der Waals surface area contributed by atoms with Crippen LogP contribution in [-0.2, 0) is 9.59 Å². The third-order valence-electron chi connectivity index (χ3n) is 4.87. The van der Waals surface area contributed by atoms with Crippen LogP contribution in [-0.4, -0.2) is 79.4 Å². The molecule has 1 heterocycles. The third kappa shape index (κ3) is 5.75. The molecule has 8 heteroatoms. The van der Waals surface area contributed by atoms with E-state index in [0.29, 0.717) is 57.6 Å². The van der Waals surface area contributed by atoms with E-state index in [1.54, 1.807) is 12.1 Å². The van der Waals surface area contributed by atoms with Crippen LogP contribution < -0.4 is 10.1 Å². The van der Waals surface area contributed by atoms with Gasteiger partial charge in [-0.05, 0) is 0 Å². The molecular formula is C21H22FN2O4Pb. The van der Waals surface area contributed by atoms with Crippen LogP contribution in [0.1, 0.15) is 15.5 Å². The second kappa shape index (κ2) is 10.2. The molecule has 0 aliphatic carbocycles. The summed E-state index contributed by atoms with van der Waals surface area (Å²) in [4.78, 5) is 26.2. The van der Waals surface area contributed by atoms with Gasteiger partial charge in [0.2, 0.25) is 0 Å². The fourth-order valence-electron chi connectivity index (χ4n) is 3.38. The van der Waals surface area contributed by atoms with E-state index in [-0.39, 0.29) is 21.2 Å². The number of carbonyl (C=O) groups is 2. The molecule has 0 saturated carbocycles. The molecule has 151 valence electrons. The quantitative estimate of drug-likeness (QED) is 0.361. The zero-order chi connectivity index (χ0) is 20.8. The summed E-state index contributed by atoms with van der Waals surface area (Å²) in [6, 6.07) is 14.3. The average Bonchev–Trinajstić information content (AvgIpc) is 3.16. The standard InChI is InChI=1S/C21H22FN2O4.Pb/c22-16-6-8-18(9-7-16)28-11-10-23-17-13-19(21(26)27)24(14-17)20(25)12-15-4-2-1-3-5-15;/h1-9,12,17,19,23H,10-11,13-14H2,(H,26,27);. The van der Waals surface area contributed by atoms with Crippen LogP contribution in [0.4, 0.5) is 4.39 Å². The topological polar surface area (TPSA) is 78.9 Å². The van der Waals surface area contributed by atoms with Crippen LogP contribution in [0.2, 0.25) is 0 Å². The summed E-state index contributed by atoms with van der Waals surface area (Å²) >= 11 is 0.613. The number of halogens is 1. The minimum absolute atomic E-state index is 0.110. The first-order valence-electron chi connectivity index (χ1n) is 9.37. The Kier molecular flexibility index (Phi) is 7.59. The van der Waals surface area contributed by atoms with Gasteiger partial charge in [-0.1, -0.05) is 0 Å². The predicted octanol–water partition coefficient (Wildman–Crippen LogP) is 1.76. The first-order valence-corrected chi connectivity index (χ1v) is 11.6. The van der Waals surface area contributed by atoms with Crippen LogP contribution >= 0.6 is 0 Å². The zero-order valence-corrected chi connectivity index (χ0v) is 19.6. The van der Waals surface area contributed by atoms with Crippen LogP contribution in [0, 0.1) is 5.82 Å². The monoisotopic (exact) mass is 593 g/mol. The molecule has 1 saturated heterocycles. The number of carboxylic acid groups (broad SMARTS) is 1. The van der Waals surface area contributed by atoms with Gasteiger partial charge < -0.3 is 0 Å². The predicted molar refractivity (Wildman–Crippen MR) is 106 cm³/mol. The van der Waals surface area contributed by atoms with E-state index in [1.165, 1.54) is 17.0 Å². The molecule has 1 aliphatic heterocycles. The van der Waals surface area contributed by atoms with Crippen LogP contribution in [0.5, 0.6) is 5.75 Å². The van der Waals surface area contributed by atoms with E-state index in [0.717, 1.165) is 5.56 Å². The summed E-state index contributed by atoms with van der Waals surface area (Å²) in [6.07, 6.45) is 0.362. The van der Waals surface area contributed by atoms with Gasteiger partial charge in [-0.15, -0.1) is 0 Å². The Hall–Kier alpha value is -2.01. The van der Waals surface area contributed by atoms with Gasteiger partial charge in [0.05, 0.1) is 0 Å². The van der Waals surface area contributed by atoms with Crippen molar-refractivity contribution in [2.24, 2.45) is 0 Å². The second-order valence-corrected chi connectivity index (χ2v) is 9.12. The summed E-state index contributed by atoms with van der Waals surface area (Å²) in [5, 5.41) is 12.8. The molecule has 1 amide bonds. The Morgan fingerprint density at radius 1 is 1.21 bits per heavy atom. The van der Waals surface area contributed by atoms with Crippen LogP contribution in [0.25, 0.3) is 0 Å². The number of nitrogens with one attached hydrogen (secondary N) is 1. The van der Waals surface area contributed by atoms with E-state index in [2.05, 4.69) is 5.32 Å². The summed E-state index contributed by atoms with van der Waals surface area (Å²) in [6.45, 7) is 1.22. The van der Waals surface area contributed by atoms with Gasteiger partial charge in [-0.2, -0.15) is 0 Å². The van der Waals surface area contributed by atoms with E-state index in [1.807, 2.05) is 30.3 Å². The summed E-state index contributed by atoms with van der Waals surface area (Å²) in [5.41, 5.74) is 0.928. The molecule has 6 nitrogen and oxygen atoms in total. The number of amides is 1. The molecule has 3 radical (unpaired) electrons. The van der Waals surface area contributed by atoms with Gasteiger partial charge >= 0.3 is 175 Å². The number of likely N-dealkylation sites (tertiary alicyclic amines) is 1. The Balaban J connectivity index is 1.53. The van der Waals surface area contributed by atoms with Crippen molar-refractivity contribution in [1.82, 2.24) is 10.2 Å². The Labute approximate surface area is 184 Å². The average molecular weight is 593 g/mol. The Bertz CT molecular complexity index is 834. The number of nitrogens with zero attached hydrogens (tertiary/aromatic N) is 1. The normalized spacial score (nSPS) is 19.7. The molecule has 29 heavy (non-hydrogen) atoms. The van der Waals surface area contributed by atoms with Gasteiger partial charge in [-0.3, -0.25) is 0 Å². The molecule has 2 N–H and O–H groups in total. The number of rotatable bonds is 8. The summed E-state index contributed by atoms with van der Waals surface area (Å²) in [7, 11) is 0. The van der Waals surface area contributed by atoms with Gasteiger partial charge in [0.25, 0.3) is 0 Å². The van der Waals surface area contributed by atoms with E-state index >= 15 is 0 Å². The van der Waals surface area contributed by atoms with Crippen molar-refractivity contribution in [1.29, 1.82) is 0 Å². The molecule has 0 aromatic heterocycles. The van der Waals surface area contributed by atoms with Crippen molar-refractivity contribution in [3.05, 3.63) is 66.0 Å². The SMILES string of the molecule is O=C(O)C1CC(NCCOc2ccc(F)cc2)CN1C(=O)[CH]([Pb])c1ccccc1. The molecule has 2 aromatic rings. The molecule has 0 bridgehead atoms. The number of benzene rings is 2. The molecule has 3 rings (SSSR count). The van der Waals surface area contributed by atoms with Crippen LogP contribution in [0.15, 0.2) is 54.6 Å². The first-order chi connectivity index (χ1) is 14.0. The fraction of sp³-hybridized carbons (Fsp3) is 0.333. The number of carbonyl (C=O) groups excluding carboxylic acids is 1. The molecule has 2 aromatic carbocycles. The van der Waals surface area contributed by atoms with Gasteiger partial charge in [0.15, 0.2) is 0 Å². The minimum atomic E-state index is -0.979. The van der Waals surface area contributed by atoms with Gasteiger partial charge in [0, 0.05) is 0 Å². The molecule has 1 fully saturated rings. The number of hydrogen-bond donors (Lipinski definition) is 2. The van der Waals surface area contributed by atoms with Crippen molar-refractivity contribution >= 4 is 37.6 Å². The zero-order valence-electron chi connectivity index (χ0n) is 15.8. The maximum atomic E-state index is 13.0. The molecular weight excluding hydrogens is 570 g/mol. The van der Waals surface area contributed by atoms with Gasteiger partial charge in [-0.25, -0.2) is 4.39 Å². The van der Waals surface area contributed by atoms with Crippen molar-refractivity contribution < 1.29 is 23.8 Å². The maximum absolute atomic E-state index is 13.0. The van der Waals surface area contributed by atoms with E-state index in [4.69, 9.17) is 4.74 Å². The summed E-state index contributed by atoms with van der Waals surface area (Å²) < 4.78 is 18.2. The van der Waals surface area contributed by atoms with Gasteiger partial charge in [0.1, 0.15) is 5.82 Å². The number of aliphatic carboxylic acids is 1. The van der Waals surface area contributed by atoms with E-state index in [9.17, 15) is 19.1 Å². The number of ether oxygens (including phenoxy) is 1. The molecule has 3 atom stereocenters. The van der Waals surface area contributed by atoms with E-state index < -0.39 is 12.0 Å². The van der Waals surface area contributed by atoms with Crippen molar-refractivity contribution in [2.75, 3.05) is 19.7 Å². The Morgan fingerprint density at radius 2 is 1.90 bits per heavy atom. The molecule has 1 aliphatic rings. The summed E-state index contributed by atoms with van der Waals surface area (Å²) in [5.74, 6) is -0.852. The van der Waals surface area contributed by atoms with Crippen molar-refractivity contribution in [2.45, 2.75) is 22.0 Å².